The van der Waals surface area contributed by atoms with Gasteiger partial charge >= 0.3 is 0 Å². The second-order valence-electron chi connectivity index (χ2n) is 5.77. The quantitative estimate of drug-likeness (QED) is 0.720. The lowest BCUT2D eigenvalue weighted by Gasteiger charge is -2.04. The largest absolute Gasteiger partial charge is 0.350 e. The lowest BCUT2D eigenvalue weighted by molar-refractivity contribution is 0.0949. The Bertz CT molecular complexity index is 907. The third-order valence-electron chi connectivity index (χ3n) is 3.86. The van der Waals surface area contributed by atoms with Crippen LogP contribution in [0.15, 0.2) is 48.5 Å². The molecule has 1 aromatic heterocycles. The van der Waals surface area contributed by atoms with Gasteiger partial charge in [-0.15, -0.1) is 0 Å². The Balaban J connectivity index is 1.61. The first kappa shape index (κ1) is 17.2. The number of aromatic nitrogens is 2. The molecule has 0 atom stereocenters. The fourth-order valence-corrected chi connectivity index (χ4v) is 2.71. The second-order valence-corrected chi connectivity index (χ2v) is 6.20. The van der Waals surface area contributed by atoms with Crippen molar-refractivity contribution in [3.05, 3.63) is 76.2 Å². The van der Waals surface area contributed by atoms with E-state index in [2.05, 4.69) is 15.5 Å². The summed E-state index contributed by atoms with van der Waals surface area (Å²) in [7, 11) is 0. The van der Waals surface area contributed by atoms with E-state index >= 15 is 0 Å². The predicted molar refractivity (Wildman–Crippen MR) is 96.2 cm³/mol. The van der Waals surface area contributed by atoms with Gasteiger partial charge in [0.15, 0.2) is 0 Å². The molecule has 0 fully saturated rings. The van der Waals surface area contributed by atoms with Crippen LogP contribution < -0.4 is 5.32 Å². The molecule has 0 radical (unpaired) electrons. The van der Waals surface area contributed by atoms with Crippen LogP contribution in [-0.2, 0) is 6.42 Å². The van der Waals surface area contributed by atoms with Gasteiger partial charge < -0.3 is 5.32 Å². The summed E-state index contributed by atoms with van der Waals surface area (Å²) in [6.07, 6.45) is 0.685. The number of benzene rings is 2. The van der Waals surface area contributed by atoms with E-state index in [9.17, 15) is 9.18 Å². The maximum absolute atomic E-state index is 13.4. The van der Waals surface area contributed by atoms with Gasteiger partial charge in [0, 0.05) is 17.1 Å². The van der Waals surface area contributed by atoms with Gasteiger partial charge in [0.05, 0.1) is 5.69 Å². The van der Waals surface area contributed by atoms with Gasteiger partial charge in [-0.05, 0) is 60.9 Å². The van der Waals surface area contributed by atoms with Crippen LogP contribution in [0.5, 0.6) is 0 Å². The van der Waals surface area contributed by atoms with Crippen molar-refractivity contribution in [1.29, 1.82) is 0 Å². The number of nitrogens with zero attached hydrogens (tertiary/aromatic N) is 1. The van der Waals surface area contributed by atoms with Crippen LogP contribution in [0.2, 0.25) is 5.02 Å². The highest BCUT2D eigenvalue weighted by Gasteiger charge is 2.11. The standard InChI is InChI=1S/C19H17ClFN3O/c1-12-9-14(5-6-16(12)21)17-11-18(24-23-17)19(25)22-8-7-13-3-2-4-15(20)10-13/h2-6,9-11H,7-8H2,1H3,(H,22,25)(H,23,24). The zero-order valence-electron chi connectivity index (χ0n) is 13.6. The molecule has 0 saturated carbocycles. The number of hydrogen-bond donors (Lipinski definition) is 2. The molecule has 0 aliphatic carbocycles. The summed E-state index contributed by atoms with van der Waals surface area (Å²) < 4.78 is 13.4. The summed E-state index contributed by atoms with van der Waals surface area (Å²) >= 11 is 5.94. The number of H-pyrrole nitrogens is 1. The highest BCUT2D eigenvalue weighted by Crippen LogP contribution is 2.20. The van der Waals surface area contributed by atoms with E-state index < -0.39 is 0 Å². The van der Waals surface area contributed by atoms with Crippen molar-refractivity contribution in [1.82, 2.24) is 15.5 Å². The summed E-state index contributed by atoms with van der Waals surface area (Å²) in [6.45, 7) is 2.18. The average Bonchev–Trinajstić information content (AvgIpc) is 3.07. The molecule has 0 bridgehead atoms. The average molecular weight is 358 g/mol. The van der Waals surface area contributed by atoms with Gasteiger partial charge in [0.25, 0.3) is 5.91 Å². The Kier molecular flexibility index (Phi) is 5.14. The fourth-order valence-electron chi connectivity index (χ4n) is 2.50. The molecule has 0 aliphatic rings. The first-order chi connectivity index (χ1) is 12.0. The number of amides is 1. The Labute approximate surface area is 150 Å². The molecule has 0 spiro atoms. The highest BCUT2D eigenvalue weighted by atomic mass is 35.5. The minimum Gasteiger partial charge on any atom is -0.350 e. The fraction of sp³-hybridized carbons (Fsp3) is 0.158. The lowest BCUT2D eigenvalue weighted by atomic mass is 10.1. The minimum atomic E-state index is -0.265. The Morgan fingerprint density at radius 3 is 2.84 bits per heavy atom. The van der Waals surface area contributed by atoms with E-state index in [1.165, 1.54) is 6.07 Å². The van der Waals surface area contributed by atoms with Crippen molar-refractivity contribution in [3.8, 4) is 11.3 Å². The van der Waals surface area contributed by atoms with E-state index in [1.54, 1.807) is 25.1 Å². The molecule has 2 aromatic carbocycles. The zero-order chi connectivity index (χ0) is 17.8. The molecule has 25 heavy (non-hydrogen) atoms. The number of aryl methyl sites for hydroxylation is 1. The van der Waals surface area contributed by atoms with E-state index in [4.69, 9.17) is 11.6 Å². The molecule has 6 heteroatoms. The molecule has 0 saturated heterocycles. The normalized spacial score (nSPS) is 10.7. The van der Waals surface area contributed by atoms with E-state index in [-0.39, 0.29) is 11.7 Å². The number of carbonyl (C=O) groups is 1. The molecular formula is C19H17ClFN3O. The number of rotatable bonds is 5. The van der Waals surface area contributed by atoms with Crippen LogP contribution >= 0.6 is 11.6 Å². The molecule has 2 N–H and O–H groups in total. The summed E-state index contributed by atoms with van der Waals surface area (Å²) in [4.78, 5) is 12.2. The van der Waals surface area contributed by atoms with Gasteiger partial charge in [0.2, 0.25) is 0 Å². The monoisotopic (exact) mass is 357 g/mol. The number of halogens is 2. The van der Waals surface area contributed by atoms with Gasteiger partial charge in [-0.25, -0.2) is 4.39 Å². The lowest BCUT2D eigenvalue weighted by Crippen LogP contribution is -2.26. The molecule has 3 aromatic rings. The van der Waals surface area contributed by atoms with Crippen molar-refractivity contribution in [3.63, 3.8) is 0 Å². The molecule has 3 rings (SSSR count). The third kappa shape index (κ3) is 4.25. The molecule has 1 amide bonds. The van der Waals surface area contributed by atoms with Crippen LogP contribution in [-0.4, -0.2) is 22.6 Å². The Morgan fingerprint density at radius 2 is 2.08 bits per heavy atom. The summed E-state index contributed by atoms with van der Waals surface area (Å²) in [5.41, 5.74) is 3.31. The first-order valence-corrected chi connectivity index (χ1v) is 8.25. The minimum absolute atomic E-state index is 0.236. The number of carbonyl (C=O) groups excluding carboxylic acids is 1. The van der Waals surface area contributed by atoms with Crippen molar-refractivity contribution < 1.29 is 9.18 Å². The Hall–Kier alpha value is -2.66. The molecule has 1 heterocycles. The van der Waals surface area contributed by atoms with Gasteiger partial charge in [-0.3, -0.25) is 9.89 Å². The molecule has 128 valence electrons. The molecular weight excluding hydrogens is 341 g/mol. The highest BCUT2D eigenvalue weighted by molar-refractivity contribution is 6.30. The second kappa shape index (κ2) is 7.49. The summed E-state index contributed by atoms with van der Waals surface area (Å²) in [6, 6.07) is 13.9. The smallest absolute Gasteiger partial charge is 0.269 e. The molecule has 4 nitrogen and oxygen atoms in total. The van der Waals surface area contributed by atoms with Crippen LogP contribution in [0.25, 0.3) is 11.3 Å². The molecule has 0 aliphatic heterocycles. The predicted octanol–water partition coefficient (Wildman–Crippen LogP) is 4.15. The topological polar surface area (TPSA) is 57.8 Å². The first-order valence-electron chi connectivity index (χ1n) is 7.87. The van der Waals surface area contributed by atoms with Crippen LogP contribution in [0.3, 0.4) is 0 Å². The van der Waals surface area contributed by atoms with Crippen molar-refractivity contribution in [2.24, 2.45) is 0 Å². The number of hydrogen-bond acceptors (Lipinski definition) is 2. The van der Waals surface area contributed by atoms with E-state index in [0.29, 0.717) is 34.9 Å². The van der Waals surface area contributed by atoms with E-state index in [1.807, 2.05) is 24.3 Å². The summed E-state index contributed by atoms with van der Waals surface area (Å²) in [5, 5.41) is 10.4. The number of nitrogens with one attached hydrogen (secondary N) is 2. The van der Waals surface area contributed by atoms with Crippen LogP contribution in [0.4, 0.5) is 4.39 Å². The SMILES string of the molecule is Cc1cc(-c2cc(C(=O)NCCc3cccc(Cl)c3)[nH]n2)ccc1F. The molecule has 0 unspecified atom stereocenters. The van der Waals surface area contributed by atoms with Gasteiger partial charge in [-0.1, -0.05) is 23.7 Å². The van der Waals surface area contributed by atoms with Crippen molar-refractivity contribution >= 4 is 17.5 Å². The zero-order valence-corrected chi connectivity index (χ0v) is 14.4. The van der Waals surface area contributed by atoms with Gasteiger partial charge in [0.1, 0.15) is 11.5 Å². The number of aromatic amines is 1. The maximum Gasteiger partial charge on any atom is 0.269 e. The Morgan fingerprint density at radius 1 is 1.24 bits per heavy atom. The third-order valence-corrected chi connectivity index (χ3v) is 4.10. The van der Waals surface area contributed by atoms with Crippen molar-refractivity contribution in [2.75, 3.05) is 6.54 Å². The van der Waals surface area contributed by atoms with Crippen molar-refractivity contribution in [2.45, 2.75) is 13.3 Å². The van der Waals surface area contributed by atoms with Crippen LogP contribution in [0, 0.1) is 12.7 Å². The summed E-state index contributed by atoms with van der Waals surface area (Å²) in [5.74, 6) is -0.502. The van der Waals surface area contributed by atoms with Crippen LogP contribution in [0.1, 0.15) is 21.6 Å². The maximum atomic E-state index is 13.4. The van der Waals surface area contributed by atoms with Gasteiger partial charge in [-0.2, -0.15) is 5.10 Å². The van der Waals surface area contributed by atoms with E-state index in [0.717, 1.165) is 11.1 Å².